The smallest absolute Gasteiger partial charge is 0.331 e. The van der Waals surface area contributed by atoms with Crippen LogP contribution >= 0.6 is 0 Å². The monoisotopic (exact) mass is 190 g/mol. The lowest BCUT2D eigenvalue weighted by atomic mass is 10.2. The van der Waals surface area contributed by atoms with E-state index in [0.29, 0.717) is 6.61 Å². The second kappa shape index (κ2) is 9.48. The van der Waals surface area contributed by atoms with Crippen molar-refractivity contribution in [3.05, 3.63) is 0 Å². The van der Waals surface area contributed by atoms with Gasteiger partial charge in [0.05, 0.1) is 6.61 Å². The van der Waals surface area contributed by atoms with E-state index in [0.717, 1.165) is 32.3 Å². The fourth-order valence-corrected chi connectivity index (χ4v) is 0.934. The highest BCUT2D eigenvalue weighted by atomic mass is 16.5. The van der Waals surface area contributed by atoms with E-state index < -0.39 is 12.6 Å². The van der Waals surface area contributed by atoms with E-state index >= 15 is 0 Å². The van der Waals surface area contributed by atoms with Crippen LogP contribution < -0.4 is 0 Å². The Labute approximate surface area is 78.8 Å². The van der Waals surface area contributed by atoms with Gasteiger partial charge in [-0.05, 0) is 19.3 Å². The summed E-state index contributed by atoms with van der Waals surface area (Å²) in [4.78, 5) is 10.5. The fourth-order valence-electron chi connectivity index (χ4n) is 0.934. The predicted molar refractivity (Wildman–Crippen MR) is 48.4 cm³/mol. The van der Waals surface area contributed by atoms with Gasteiger partial charge >= 0.3 is 5.97 Å². The zero-order valence-corrected chi connectivity index (χ0v) is 8.12. The number of esters is 1. The van der Waals surface area contributed by atoms with Crippen molar-refractivity contribution in [1.29, 1.82) is 0 Å². The maximum Gasteiger partial charge on any atom is 0.331 e. The summed E-state index contributed by atoms with van der Waals surface area (Å²) in [6.07, 6.45) is 4.02. The Morgan fingerprint density at radius 1 is 1.15 bits per heavy atom. The van der Waals surface area contributed by atoms with E-state index in [-0.39, 0.29) is 0 Å². The lowest BCUT2D eigenvalue weighted by Gasteiger charge is -2.02. The van der Waals surface area contributed by atoms with Gasteiger partial charge in [0.2, 0.25) is 0 Å². The van der Waals surface area contributed by atoms with Gasteiger partial charge in [-0.2, -0.15) is 0 Å². The van der Waals surface area contributed by atoms with E-state index in [1.807, 2.05) is 0 Å². The molecule has 0 unspecified atom stereocenters. The summed E-state index contributed by atoms with van der Waals surface area (Å²) in [5, 5.41) is 8.32. The van der Waals surface area contributed by atoms with Crippen molar-refractivity contribution in [3.8, 4) is 0 Å². The van der Waals surface area contributed by atoms with Crippen LogP contribution in [0.4, 0.5) is 0 Å². The van der Waals surface area contributed by atoms with Gasteiger partial charge in [0.25, 0.3) is 0 Å². The van der Waals surface area contributed by atoms with Crippen LogP contribution in [0.1, 0.15) is 25.7 Å². The van der Waals surface area contributed by atoms with Gasteiger partial charge in [-0.25, -0.2) is 4.79 Å². The highest BCUT2D eigenvalue weighted by molar-refractivity contribution is 5.70. The van der Waals surface area contributed by atoms with Crippen LogP contribution in [0.25, 0.3) is 0 Å². The average Bonchev–Trinajstić information content (AvgIpc) is 2.16. The first-order valence-electron chi connectivity index (χ1n) is 4.56. The van der Waals surface area contributed by atoms with E-state index in [9.17, 15) is 4.79 Å². The zero-order chi connectivity index (χ0) is 9.94. The first-order valence-corrected chi connectivity index (χ1v) is 4.56. The molecule has 0 heterocycles. The molecule has 0 fully saturated rings. The molecule has 0 saturated heterocycles. The molecule has 0 radical (unpaired) electrons. The molecule has 13 heavy (non-hydrogen) atoms. The summed E-state index contributed by atoms with van der Waals surface area (Å²) in [6, 6.07) is 0. The van der Waals surface area contributed by atoms with Gasteiger partial charge in [-0.1, -0.05) is 6.42 Å². The second-order valence-corrected chi connectivity index (χ2v) is 2.79. The number of ether oxygens (including phenoxy) is 2. The molecular weight excluding hydrogens is 172 g/mol. The number of carbonyl (C=O) groups excluding carboxylic acids is 1. The Balaban J connectivity index is 2.95. The summed E-state index contributed by atoms with van der Waals surface area (Å²) in [6.45, 7) is 0.673. The Morgan fingerprint density at radius 3 is 2.31 bits per heavy atom. The van der Waals surface area contributed by atoms with Crippen molar-refractivity contribution in [2.24, 2.45) is 0 Å². The topological polar surface area (TPSA) is 55.8 Å². The standard InChI is InChI=1S/C9H18O4/c1-12-6-4-2-3-5-7-13-9(11)8-10/h10H,2-8H2,1H3. The highest BCUT2D eigenvalue weighted by Crippen LogP contribution is 1.99. The molecule has 0 aliphatic carbocycles. The number of unbranched alkanes of at least 4 members (excludes halogenated alkanes) is 3. The van der Waals surface area contributed by atoms with Crippen LogP contribution in [0.2, 0.25) is 0 Å². The minimum absolute atomic E-state index is 0.409. The molecule has 0 atom stereocenters. The summed E-state index contributed by atoms with van der Waals surface area (Å²) in [5.74, 6) is -0.545. The van der Waals surface area contributed by atoms with Crippen LogP contribution in [0.5, 0.6) is 0 Å². The van der Waals surface area contributed by atoms with Crippen LogP contribution in [0, 0.1) is 0 Å². The summed E-state index contributed by atoms with van der Waals surface area (Å²) in [7, 11) is 1.68. The third-order valence-corrected chi connectivity index (χ3v) is 1.63. The second-order valence-electron chi connectivity index (χ2n) is 2.79. The quantitative estimate of drug-likeness (QED) is 0.453. The Kier molecular flexibility index (Phi) is 9.03. The minimum Gasteiger partial charge on any atom is -0.464 e. The maximum atomic E-state index is 10.5. The van der Waals surface area contributed by atoms with Gasteiger partial charge in [0, 0.05) is 13.7 Å². The third-order valence-electron chi connectivity index (χ3n) is 1.63. The van der Waals surface area contributed by atoms with Gasteiger partial charge in [0.1, 0.15) is 6.61 Å². The van der Waals surface area contributed by atoms with Gasteiger partial charge in [0.15, 0.2) is 0 Å². The van der Waals surface area contributed by atoms with Crippen LogP contribution in [0.15, 0.2) is 0 Å². The molecule has 0 aliphatic heterocycles. The minimum atomic E-state index is -0.545. The zero-order valence-electron chi connectivity index (χ0n) is 8.12. The first-order chi connectivity index (χ1) is 6.31. The van der Waals surface area contributed by atoms with Gasteiger partial charge < -0.3 is 14.6 Å². The van der Waals surface area contributed by atoms with Crippen molar-refractivity contribution in [2.45, 2.75) is 25.7 Å². The maximum absolute atomic E-state index is 10.5. The SMILES string of the molecule is COCCCCCCOC(=O)CO. The lowest BCUT2D eigenvalue weighted by Crippen LogP contribution is -2.09. The van der Waals surface area contributed by atoms with Crippen LogP contribution in [-0.2, 0) is 14.3 Å². The van der Waals surface area contributed by atoms with E-state index in [4.69, 9.17) is 9.84 Å². The predicted octanol–water partition coefficient (Wildman–Crippen LogP) is 0.729. The van der Waals surface area contributed by atoms with Gasteiger partial charge in [-0.15, -0.1) is 0 Å². The molecule has 0 rings (SSSR count). The van der Waals surface area contributed by atoms with Crippen LogP contribution in [0.3, 0.4) is 0 Å². The molecule has 0 bridgehead atoms. The average molecular weight is 190 g/mol. The van der Waals surface area contributed by atoms with E-state index in [2.05, 4.69) is 4.74 Å². The molecule has 4 nitrogen and oxygen atoms in total. The number of hydrogen-bond acceptors (Lipinski definition) is 4. The molecule has 4 heteroatoms. The third kappa shape index (κ3) is 9.30. The first kappa shape index (κ1) is 12.4. The molecular formula is C9H18O4. The fraction of sp³-hybridized carbons (Fsp3) is 0.889. The molecule has 0 aromatic rings. The molecule has 1 N–H and O–H groups in total. The number of rotatable bonds is 8. The van der Waals surface area contributed by atoms with Crippen molar-refractivity contribution >= 4 is 5.97 Å². The number of aliphatic hydroxyl groups is 1. The molecule has 0 aliphatic rings. The van der Waals surface area contributed by atoms with E-state index in [1.54, 1.807) is 7.11 Å². The number of aliphatic hydroxyl groups excluding tert-OH is 1. The van der Waals surface area contributed by atoms with Crippen molar-refractivity contribution in [2.75, 3.05) is 26.9 Å². The number of carbonyl (C=O) groups is 1. The summed E-state index contributed by atoms with van der Waals surface area (Å²) in [5.41, 5.74) is 0. The summed E-state index contributed by atoms with van der Waals surface area (Å²) >= 11 is 0. The normalized spacial score (nSPS) is 10.0. The lowest BCUT2D eigenvalue weighted by molar-refractivity contribution is -0.147. The number of hydrogen-bond donors (Lipinski definition) is 1. The van der Waals surface area contributed by atoms with E-state index in [1.165, 1.54) is 0 Å². The number of methoxy groups -OCH3 is 1. The van der Waals surface area contributed by atoms with Crippen molar-refractivity contribution in [1.82, 2.24) is 0 Å². The van der Waals surface area contributed by atoms with Gasteiger partial charge in [-0.3, -0.25) is 0 Å². The Hall–Kier alpha value is -0.610. The molecule has 0 saturated carbocycles. The molecule has 0 amide bonds. The molecule has 0 aromatic heterocycles. The largest absolute Gasteiger partial charge is 0.464 e. The Morgan fingerprint density at radius 2 is 1.77 bits per heavy atom. The Bertz CT molecular complexity index is 125. The van der Waals surface area contributed by atoms with Crippen molar-refractivity contribution in [3.63, 3.8) is 0 Å². The summed E-state index contributed by atoms with van der Waals surface area (Å²) < 4.78 is 9.56. The molecule has 0 aromatic carbocycles. The molecule has 78 valence electrons. The highest BCUT2D eigenvalue weighted by Gasteiger charge is 1.97. The molecule has 0 spiro atoms. The van der Waals surface area contributed by atoms with Crippen molar-refractivity contribution < 1.29 is 19.4 Å². The van der Waals surface area contributed by atoms with Crippen LogP contribution in [-0.4, -0.2) is 38.0 Å².